The molecule has 3 aliphatic carbocycles. The minimum atomic E-state index is -2.60. The molecule has 9 heteroatoms. The summed E-state index contributed by atoms with van der Waals surface area (Å²) in [7, 11) is 3.21. The quantitative estimate of drug-likeness (QED) is 0.284. The molecule has 0 aromatic heterocycles. The second-order valence-electron chi connectivity index (χ2n) is 9.91. The van der Waals surface area contributed by atoms with E-state index in [2.05, 4.69) is 6.07 Å². The van der Waals surface area contributed by atoms with E-state index >= 15 is 0 Å². The van der Waals surface area contributed by atoms with Crippen molar-refractivity contribution in [3.63, 3.8) is 0 Å². The fraction of sp³-hybridized carbons (Fsp3) is 0.321. The topological polar surface area (TPSA) is 135 Å². The van der Waals surface area contributed by atoms with Crippen molar-refractivity contribution in [1.29, 1.82) is 0 Å². The average molecular weight is 574 g/mol. The summed E-state index contributed by atoms with van der Waals surface area (Å²) in [6.07, 6.45) is 0.0455. The largest absolute Gasteiger partial charge is 1.00 e. The van der Waals surface area contributed by atoms with Gasteiger partial charge in [-0.2, -0.15) is 30.3 Å². The molecule has 3 aliphatic rings. The summed E-state index contributed by atoms with van der Waals surface area (Å²) >= 11 is 0. The summed E-state index contributed by atoms with van der Waals surface area (Å²) in [6.45, 7) is 1.09. The molecule has 0 spiro atoms. The van der Waals surface area contributed by atoms with Crippen LogP contribution >= 0.6 is 0 Å². The first-order valence-corrected chi connectivity index (χ1v) is 11.7. The summed E-state index contributed by atoms with van der Waals surface area (Å²) in [5.41, 5.74) is -1.90. The minimum Gasteiger partial charge on any atom is -0.508 e. The number of rotatable bonds is 3. The van der Waals surface area contributed by atoms with E-state index < -0.39 is 63.8 Å². The molecule has 0 bridgehead atoms. The van der Waals surface area contributed by atoms with Crippen molar-refractivity contribution >= 4 is 23.1 Å². The second kappa shape index (κ2) is 9.98. The molecule has 4 N–H and O–H groups in total. The van der Waals surface area contributed by atoms with Crippen LogP contribution in [0.5, 0.6) is 5.75 Å². The van der Waals surface area contributed by atoms with Gasteiger partial charge in [0.15, 0.2) is 17.2 Å². The number of ketones is 3. The van der Waals surface area contributed by atoms with Crippen molar-refractivity contribution in [3.8, 4) is 5.75 Å². The number of hydrogen-bond donors (Lipinski definition) is 4. The summed E-state index contributed by atoms with van der Waals surface area (Å²) in [5.74, 6) is -6.40. The van der Waals surface area contributed by atoms with E-state index in [0.717, 1.165) is 12.5 Å². The molecule has 0 amide bonds. The molecule has 37 heavy (non-hydrogen) atoms. The van der Waals surface area contributed by atoms with Crippen molar-refractivity contribution in [2.24, 2.45) is 11.8 Å². The summed E-state index contributed by atoms with van der Waals surface area (Å²) < 4.78 is 0. The van der Waals surface area contributed by atoms with Crippen LogP contribution in [0.2, 0.25) is 0 Å². The van der Waals surface area contributed by atoms with Gasteiger partial charge in [0.1, 0.15) is 22.8 Å². The smallest absolute Gasteiger partial charge is 0.508 e. The number of aliphatic hydroxyl groups excluding tert-OH is 2. The molecule has 5 atom stereocenters. The molecule has 1 saturated carbocycles. The zero-order chi connectivity index (χ0) is 26.1. The molecule has 0 heterocycles. The van der Waals surface area contributed by atoms with Gasteiger partial charge in [-0.15, -0.1) is 5.56 Å². The third-order valence-electron chi connectivity index (χ3n) is 7.82. The Morgan fingerprint density at radius 2 is 1.73 bits per heavy atom. The standard InChI is InChI=1S/C28H26NO7.Rb/c1-13(30)19-25(33)23(29(2)3)17-12-16-20(14-8-5-4-6-9-14)15-10-7-11-18(31)21(15)24(32)22(16)27(35)28(17,36)26(19)34;/h5-11,16-17,20,23,31-32,34,36H,12H2,1-3H3;/q-1;+1/t16-,17+,20-,23+,28-;/m1./s1. The van der Waals surface area contributed by atoms with E-state index in [1.807, 2.05) is 12.1 Å². The summed E-state index contributed by atoms with van der Waals surface area (Å²) in [6, 6.07) is 13.8. The molecule has 5 rings (SSSR count). The van der Waals surface area contributed by atoms with Gasteiger partial charge >= 0.3 is 58.2 Å². The van der Waals surface area contributed by atoms with Gasteiger partial charge in [0.05, 0.1) is 11.6 Å². The second-order valence-corrected chi connectivity index (χ2v) is 9.91. The van der Waals surface area contributed by atoms with Gasteiger partial charge in [-0.25, -0.2) is 0 Å². The Kier molecular flexibility index (Phi) is 7.57. The molecule has 0 unspecified atom stereocenters. The third-order valence-corrected chi connectivity index (χ3v) is 7.82. The van der Waals surface area contributed by atoms with Gasteiger partial charge in [0.25, 0.3) is 0 Å². The van der Waals surface area contributed by atoms with Crippen LogP contribution in [0.15, 0.2) is 59.4 Å². The van der Waals surface area contributed by atoms with Crippen molar-refractivity contribution in [2.75, 3.05) is 14.1 Å². The zero-order valence-corrected chi connectivity index (χ0v) is 25.9. The number of likely N-dealkylation sites (N-methyl/N-ethyl adjacent to an activating group) is 1. The van der Waals surface area contributed by atoms with E-state index in [9.17, 15) is 34.8 Å². The van der Waals surface area contributed by atoms with Crippen LogP contribution in [-0.2, 0) is 14.4 Å². The van der Waals surface area contributed by atoms with Crippen LogP contribution in [-0.4, -0.2) is 68.4 Å². The molecule has 0 radical (unpaired) electrons. The average Bonchev–Trinajstić information content (AvgIpc) is 2.81. The minimum absolute atomic E-state index is 0. The van der Waals surface area contributed by atoms with Crippen molar-refractivity contribution < 1.29 is 93.0 Å². The first-order chi connectivity index (χ1) is 17.0. The van der Waals surface area contributed by atoms with Gasteiger partial charge in [0.2, 0.25) is 5.78 Å². The van der Waals surface area contributed by atoms with Gasteiger partial charge in [-0.1, -0.05) is 12.1 Å². The molecule has 0 saturated heterocycles. The Labute approximate surface area is 263 Å². The number of fused-ring (bicyclic) bond motifs is 3. The first-order valence-electron chi connectivity index (χ1n) is 11.7. The van der Waals surface area contributed by atoms with Crippen LogP contribution in [0.4, 0.5) is 0 Å². The van der Waals surface area contributed by atoms with Gasteiger partial charge < -0.3 is 20.4 Å². The van der Waals surface area contributed by atoms with E-state index in [-0.39, 0.29) is 81.5 Å². The van der Waals surface area contributed by atoms with Crippen LogP contribution in [0, 0.1) is 17.9 Å². The number of benzene rings is 2. The predicted octanol–water partition coefficient (Wildman–Crippen LogP) is -0.539. The molecule has 8 nitrogen and oxygen atoms in total. The van der Waals surface area contributed by atoms with Crippen molar-refractivity contribution in [1.82, 2.24) is 4.90 Å². The molecule has 2 aromatic carbocycles. The fourth-order valence-electron chi connectivity index (χ4n) is 6.35. The number of carbonyl (C=O) groups is 3. The maximum Gasteiger partial charge on any atom is 1.00 e. The van der Waals surface area contributed by atoms with E-state index in [1.165, 1.54) is 11.0 Å². The van der Waals surface area contributed by atoms with E-state index in [1.54, 1.807) is 38.4 Å². The van der Waals surface area contributed by atoms with Crippen LogP contribution in [0.3, 0.4) is 0 Å². The Balaban J connectivity index is 0.00000320. The van der Waals surface area contributed by atoms with E-state index in [0.29, 0.717) is 5.56 Å². The monoisotopic (exact) mass is 573 g/mol. The number of aromatic hydroxyl groups is 1. The van der Waals surface area contributed by atoms with Crippen molar-refractivity contribution in [2.45, 2.75) is 30.9 Å². The molecule has 186 valence electrons. The van der Waals surface area contributed by atoms with Gasteiger partial charge in [0, 0.05) is 17.4 Å². The number of Topliss-reactive ketones (excluding diaryl/α,β-unsaturated/α-hetero) is 3. The Bertz CT molecular complexity index is 1380. The van der Waals surface area contributed by atoms with Gasteiger partial charge in [-0.05, 0) is 45.0 Å². The third kappa shape index (κ3) is 3.96. The first kappa shape index (κ1) is 28.1. The van der Waals surface area contributed by atoms with Crippen LogP contribution in [0.1, 0.15) is 36.0 Å². The van der Waals surface area contributed by atoms with E-state index in [4.69, 9.17) is 0 Å². The summed E-state index contributed by atoms with van der Waals surface area (Å²) in [4.78, 5) is 41.3. The number of carbonyl (C=O) groups excluding carboxylic acids is 3. The summed E-state index contributed by atoms with van der Waals surface area (Å²) in [5, 5.41) is 44.8. The Hall–Kier alpha value is -1.94. The maximum absolute atomic E-state index is 14.1. The molecule has 0 aliphatic heterocycles. The van der Waals surface area contributed by atoms with Crippen LogP contribution < -0.4 is 58.2 Å². The molecule has 1 fully saturated rings. The zero-order valence-electron chi connectivity index (χ0n) is 21.0. The molecular weight excluding hydrogens is 548 g/mol. The van der Waals surface area contributed by atoms with Crippen LogP contribution in [0.25, 0.3) is 5.76 Å². The Morgan fingerprint density at radius 1 is 1.08 bits per heavy atom. The number of hydrogen-bond acceptors (Lipinski definition) is 8. The molecule has 2 aromatic rings. The normalized spacial score (nSPS) is 28.9. The SMILES string of the molecule is CC(=O)C1=C(O)[C@@]2(O)C(=O)C3=C(O)c4c(O)cccc4[C@@H](c4cc[c-]cc4)[C@H]3C[C@H]2[C@H](N(C)C)C1=O.[Rb+]. The number of nitrogens with zero attached hydrogens (tertiary/aromatic N) is 1. The fourth-order valence-corrected chi connectivity index (χ4v) is 6.35. The maximum atomic E-state index is 14.1. The number of phenolic OH excluding ortho intramolecular Hbond substituents is 1. The number of phenols is 1. The predicted molar refractivity (Wildman–Crippen MR) is 129 cm³/mol. The van der Waals surface area contributed by atoms with Gasteiger partial charge in [-0.3, -0.25) is 19.3 Å². The number of aliphatic hydroxyl groups is 3. The van der Waals surface area contributed by atoms with Crippen molar-refractivity contribution in [3.05, 3.63) is 82.1 Å². The Morgan fingerprint density at radius 3 is 2.32 bits per heavy atom. The molecular formula is C28H26NO7Rb.